The molecule has 0 aliphatic carbocycles. The average molecular weight is 286 g/mol. The third-order valence-electron chi connectivity index (χ3n) is 3.10. The average Bonchev–Trinajstić information content (AvgIpc) is 2.46. The van der Waals surface area contributed by atoms with E-state index in [-0.39, 0.29) is 18.3 Å². The molecule has 1 amide bonds. The number of hydrogen-bond donors (Lipinski definition) is 2. The lowest BCUT2D eigenvalue weighted by molar-refractivity contribution is -0.115. The molecule has 2 aromatic rings. The number of carbonyl (C=O) groups excluding carboxylic acids is 1. The second-order valence-electron chi connectivity index (χ2n) is 4.97. The molecule has 3 nitrogen and oxygen atoms in total. The Morgan fingerprint density at radius 2 is 1.90 bits per heavy atom. The largest absolute Gasteiger partial charge is 0.325 e. The molecule has 0 heterocycles. The van der Waals surface area contributed by atoms with Crippen LogP contribution in [-0.4, -0.2) is 19.0 Å². The van der Waals surface area contributed by atoms with Crippen molar-refractivity contribution < 1.29 is 9.18 Å². The van der Waals surface area contributed by atoms with E-state index in [1.807, 2.05) is 37.3 Å². The van der Waals surface area contributed by atoms with E-state index in [1.165, 1.54) is 12.1 Å². The highest BCUT2D eigenvalue weighted by molar-refractivity contribution is 5.92. The summed E-state index contributed by atoms with van der Waals surface area (Å²) in [4.78, 5) is 11.7. The maximum absolute atomic E-state index is 13.0. The fourth-order valence-electron chi connectivity index (χ4n) is 1.97. The molecular weight excluding hydrogens is 267 g/mol. The fraction of sp³-hybridized carbons (Fsp3) is 0.235. The zero-order chi connectivity index (χ0) is 15.1. The van der Waals surface area contributed by atoms with Crippen molar-refractivity contribution in [2.75, 3.05) is 18.4 Å². The number of halogens is 1. The number of nitrogens with one attached hydrogen (secondary N) is 2. The predicted octanol–water partition coefficient (Wildman–Crippen LogP) is 2.90. The first-order chi connectivity index (χ1) is 10.1. The molecule has 2 aromatic carbocycles. The standard InChI is InChI=1S/C17H19FN2O/c1-13-5-7-16(8-6-13)20-17(21)12-19-10-9-14-3-2-4-15(18)11-14/h2-8,11,19H,9-10,12H2,1H3,(H,20,21). The third-order valence-corrected chi connectivity index (χ3v) is 3.10. The van der Waals surface area contributed by atoms with E-state index in [0.29, 0.717) is 13.0 Å². The van der Waals surface area contributed by atoms with Crippen LogP contribution in [0.15, 0.2) is 48.5 Å². The predicted molar refractivity (Wildman–Crippen MR) is 82.8 cm³/mol. The quantitative estimate of drug-likeness (QED) is 0.802. The monoisotopic (exact) mass is 286 g/mol. The van der Waals surface area contributed by atoms with Crippen molar-refractivity contribution in [1.82, 2.24) is 5.32 Å². The highest BCUT2D eigenvalue weighted by atomic mass is 19.1. The summed E-state index contributed by atoms with van der Waals surface area (Å²) < 4.78 is 13.0. The highest BCUT2D eigenvalue weighted by Gasteiger charge is 2.02. The molecule has 0 fully saturated rings. The first-order valence-electron chi connectivity index (χ1n) is 6.95. The number of carbonyl (C=O) groups is 1. The van der Waals surface area contributed by atoms with E-state index >= 15 is 0 Å². The van der Waals surface area contributed by atoms with Crippen LogP contribution in [0.4, 0.5) is 10.1 Å². The van der Waals surface area contributed by atoms with E-state index in [9.17, 15) is 9.18 Å². The molecule has 0 bridgehead atoms. The molecule has 110 valence electrons. The molecular formula is C17H19FN2O. The van der Waals surface area contributed by atoms with Crippen LogP contribution < -0.4 is 10.6 Å². The Balaban J connectivity index is 1.68. The Hall–Kier alpha value is -2.20. The van der Waals surface area contributed by atoms with Crippen LogP contribution in [0.5, 0.6) is 0 Å². The van der Waals surface area contributed by atoms with Crippen LogP contribution >= 0.6 is 0 Å². The van der Waals surface area contributed by atoms with E-state index < -0.39 is 0 Å². The van der Waals surface area contributed by atoms with Gasteiger partial charge in [-0.2, -0.15) is 0 Å². The van der Waals surface area contributed by atoms with Crippen molar-refractivity contribution in [2.45, 2.75) is 13.3 Å². The molecule has 0 aliphatic heterocycles. The number of hydrogen-bond acceptors (Lipinski definition) is 2. The van der Waals surface area contributed by atoms with Gasteiger partial charge in [-0.15, -0.1) is 0 Å². The van der Waals surface area contributed by atoms with E-state index in [0.717, 1.165) is 16.8 Å². The lowest BCUT2D eigenvalue weighted by Crippen LogP contribution is -2.29. The molecule has 0 saturated heterocycles. The Morgan fingerprint density at radius 1 is 1.14 bits per heavy atom. The summed E-state index contributed by atoms with van der Waals surface area (Å²) in [5.41, 5.74) is 2.86. The maximum Gasteiger partial charge on any atom is 0.238 e. The van der Waals surface area contributed by atoms with Gasteiger partial charge in [-0.25, -0.2) is 4.39 Å². The van der Waals surface area contributed by atoms with Gasteiger partial charge in [0.15, 0.2) is 0 Å². The van der Waals surface area contributed by atoms with Gasteiger partial charge in [0, 0.05) is 5.69 Å². The minimum absolute atomic E-state index is 0.0851. The van der Waals surface area contributed by atoms with Crippen LogP contribution in [0.1, 0.15) is 11.1 Å². The second-order valence-corrected chi connectivity index (χ2v) is 4.97. The summed E-state index contributed by atoms with van der Waals surface area (Å²) in [5.74, 6) is -0.317. The van der Waals surface area contributed by atoms with E-state index in [2.05, 4.69) is 10.6 Å². The molecule has 0 aromatic heterocycles. The summed E-state index contributed by atoms with van der Waals surface area (Å²) in [7, 11) is 0. The second kappa shape index (κ2) is 7.55. The van der Waals surface area contributed by atoms with Gasteiger partial charge in [0.1, 0.15) is 5.82 Å². The van der Waals surface area contributed by atoms with E-state index in [4.69, 9.17) is 0 Å². The topological polar surface area (TPSA) is 41.1 Å². The van der Waals surface area contributed by atoms with Crippen molar-refractivity contribution in [2.24, 2.45) is 0 Å². The lowest BCUT2D eigenvalue weighted by Gasteiger charge is -2.07. The number of aryl methyl sites for hydroxylation is 1. The van der Waals surface area contributed by atoms with Crippen molar-refractivity contribution in [3.63, 3.8) is 0 Å². The van der Waals surface area contributed by atoms with Gasteiger partial charge in [0.25, 0.3) is 0 Å². The summed E-state index contributed by atoms with van der Waals surface area (Å²) in [6.07, 6.45) is 0.690. The van der Waals surface area contributed by atoms with Crippen LogP contribution in [0.25, 0.3) is 0 Å². The molecule has 2 N–H and O–H groups in total. The molecule has 0 radical (unpaired) electrons. The Morgan fingerprint density at radius 3 is 2.62 bits per heavy atom. The molecule has 2 rings (SSSR count). The third kappa shape index (κ3) is 5.36. The number of rotatable bonds is 6. The van der Waals surface area contributed by atoms with Crippen molar-refractivity contribution in [3.8, 4) is 0 Å². The number of amides is 1. The van der Waals surface area contributed by atoms with Gasteiger partial charge in [0.2, 0.25) is 5.91 Å². The summed E-state index contributed by atoms with van der Waals surface area (Å²) in [5, 5.41) is 5.87. The fourth-order valence-corrected chi connectivity index (χ4v) is 1.97. The molecule has 0 spiro atoms. The Kier molecular flexibility index (Phi) is 5.46. The van der Waals surface area contributed by atoms with Gasteiger partial charge in [-0.05, 0) is 49.7 Å². The smallest absolute Gasteiger partial charge is 0.238 e. The molecule has 4 heteroatoms. The molecule has 0 aliphatic rings. The van der Waals surface area contributed by atoms with Crippen LogP contribution in [-0.2, 0) is 11.2 Å². The zero-order valence-electron chi connectivity index (χ0n) is 12.0. The number of benzene rings is 2. The zero-order valence-corrected chi connectivity index (χ0v) is 12.0. The van der Waals surface area contributed by atoms with Gasteiger partial charge in [-0.3, -0.25) is 4.79 Å². The Bertz CT molecular complexity index is 596. The van der Waals surface area contributed by atoms with Crippen LogP contribution in [0.2, 0.25) is 0 Å². The SMILES string of the molecule is Cc1ccc(NC(=O)CNCCc2cccc(F)c2)cc1. The summed E-state index contributed by atoms with van der Waals surface area (Å²) in [6, 6.07) is 14.1. The van der Waals surface area contributed by atoms with Crippen LogP contribution in [0, 0.1) is 12.7 Å². The first-order valence-corrected chi connectivity index (χ1v) is 6.95. The maximum atomic E-state index is 13.0. The molecule has 0 unspecified atom stereocenters. The van der Waals surface area contributed by atoms with Crippen LogP contribution in [0.3, 0.4) is 0 Å². The highest BCUT2D eigenvalue weighted by Crippen LogP contribution is 2.08. The van der Waals surface area contributed by atoms with Gasteiger partial charge in [0.05, 0.1) is 6.54 Å². The number of anilines is 1. The lowest BCUT2D eigenvalue weighted by atomic mass is 10.1. The minimum atomic E-state index is -0.232. The summed E-state index contributed by atoms with van der Waals surface area (Å²) in [6.45, 7) is 2.87. The van der Waals surface area contributed by atoms with Crippen molar-refractivity contribution >= 4 is 11.6 Å². The van der Waals surface area contributed by atoms with Gasteiger partial charge >= 0.3 is 0 Å². The molecule has 21 heavy (non-hydrogen) atoms. The van der Waals surface area contributed by atoms with Crippen molar-refractivity contribution in [1.29, 1.82) is 0 Å². The molecule has 0 saturated carbocycles. The first kappa shape index (κ1) is 15.2. The Labute approximate surface area is 124 Å². The molecule has 0 atom stereocenters. The van der Waals surface area contributed by atoms with E-state index in [1.54, 1.807) is 6.07 Å². The van der Waals surface area contributed by atoms with Gasteiger partial charge < -0.3 is 10.6 Å². The normalized spacial score (nSPS) is 10.4. The minimum Gasteiger partial charge on any atom is -0.325 e. The van der Waals surface area contributed by atoms with Gasteiger partial charge in [-0.1, -0.05) is 29.8 Å². The van der Waals surface area contributed by atoms with Crippen molar-refractivity contribution in [3.05, 3.63) is 65.5 Å². The summed E-state index contributed by atoms with van der Waals surface area (Å²) >= 11 is 0.